The van der Waals surface area contributed by atoms with E-state index >= 15 is 0 Å². The highest BCUT2D eigenvalue weighted by atomic mass is 16.2. The Morgan fingerprint density at radius 3 is 2.93 bits per heavy atom. The topological polar surface area (TPSA) is 60.5 Å². The third-order valence-electron chi connectivity index (χ3n) is 5.78. The summed E-state index contributed by atoms with van der Waals surface area (Å²) in [6.07, 6.45) is 9.44. The van der Waals surface area contributed by atoms with Crippen LogP contribution in [0.4, 0.5) is 22.1 Å². The Balaban J connectivity index is 1.60. The van der Waals surface area contributed by atoms with Crippen molar-refractivity contribution in [3.8, 4) is 0 Å². The first-order chi connectivity index (χ1) is 13.6. The first kappa shape index (κ1) is 18.8. The lowest BCUT2D eigenvalue weighted by Crippen LogP contribution is -2.42. The second kappa shape index (κ2) is 8.25. The first-order valence-corrected chi connectivity index (χ1v) is 10.6. The summed E-state index contributed by atoms with van der Waals surface area (Å²) in [6.45, 7) is 8.02. The van der Waals surface area contributed by atoms with Gasteiger partial charge in [0, 0.05) is 38.3 Å². The lowest BCUT2D eigenvalue weighted by molar-refractivity contribution is 0.248. The molecular formula is C22H31N5O. The van der Waals surface area contributed by atoms with Gasteiger partial charge in [0.15, 0.2) is 5.82 Å². The molecule has 0 radical (unpaired) electrons. The van der Waals surface area contributed by atoms with Crippen LogP contribution in [0.1, 0.15) is 46.0 Å². The van der Waals surface area contributed by atoms with Crippen LogP contribution in [0.25, 0.3) is 0 Å². The Kier molecular flexibility index (Phi) is 5.55. The molecule has 3 aliphatic rings. The number of hydrogen-bond acceptors (Lipinski definition) is 4. The van der Waals surface area contributed by atoms with E-state index in [1.54, 1.807) is 0 Å². The smallest absolute Gasteiger partial charge is 0.327 e. The summed E-state index contributed by atoms with van der Waals surface area (Å²) in [5.74, 6) is 2.40. The summed E-state index contributed by atoms with van der Waals surface area (Å²) in [7, 11) is 0. The van der Waals surface area contributed by atoms with Gasteiger partial charge in [-0.1, -0.05) is 18.6 Å². The Morgan fingerprint density at radius 2 is 2.14 bits per heavy atom. The molecule has 28 heavy (non-hydrogen) atoms. The van der Waals surface area contributed by atoms with Gasteiger partial charge in [-0.05, 0) is 56.7 Å². The molecule has 2 N–H and O–H groups in total. The van der Waals surface area contributed by atoms with E-state index in [4.69, 9.17) is 4.98 Å². The van der Waals surface area contributed by atoms with Crippen molar-refractivity contribution in [3.63, 3.8) is 0 Å². The number of piperidine rings is 1. The normalized spacial score (nSPS) is 22.4. The number of amides is 2. The van der Waals surface area contributed by atoms with Gasteiger partial charge in [-0.3, -0.25) is 4.90 Å². The molecule has 150 valence electrons. The lowest BCUT2D eigenvalue weighted by atomic mass is 10.0. The van der Waals surface area contributed by atoms with Crippen molar-refractivity contribution in [1.82, 2.24) is 10.3 Å². The van der Waals surface area contributed by atoms with E-state index in [-0.39, 0.29) is 6.03 Å². The van der Waals surface area contributed by atoms with Gasteiger partial charge in [0.2, 0.25) is 0 Å². The number of nitrogens with one attached hydrogen (secondary N) is 2. The molecule has 1 aromatic heterocycles. The summed E-state index contributed by atoms with van der Waals surface area (Å²) in [5.41, 5.74) is 3.10. The molecule has 0 bridgehead atoms. The minimum absolute atomic E-state index is 0.0871. The number of nitrogens with zero attached hydrogens (tertiary/aromatic N) is 3. The molecule has 6 nitrogen and oxygen atoms in total. The van der Waals surface area contributed by atoms with Crippen LogP contribution in [0.15, 0.2) is 35.6 Å². The van der Waals surface area contributed by atoms with Crippen molar-refractivity contribution in [2.24, 2.45) is 5.92 Å². The standard InChI is InChI=1S/C22H31N5O/c1-16-7-8-18(14-16)24-22(28)27-13-4-3-11-23-19-9-10-20(25-21(19)27)26-12-5-6-17(2)15-26/h7,9-10,14,17,23H,3-6,8,11-13,15H2,1-2H3,(H,24,28). The minimum Gasteiger partial charge on any atom is -0.382 e. The van der Waals surface area contributed by atoms with E-state index in [9.17, 15) is 4.79 Å². The number of rotatable bonds is 2. The average Bonchev–Trinajstić information content (AvgIpc) is 3.07. The summed E-state index contributed by atoms with van der Waals surface area (Å²) in [4.78, 5) is 22.2. The number of anilines is 3. The highest BCUT2D eigenvalue weighted by Gasteiger charge is 2.25. The average molecular weight is 382 g/mol. The van der Waals surface area contributed by atoms with E-state index < -0.39 is 0 Å². The van der Waals surface area contributed by atoms with Crippen LogP contribution in [0.5, 0.6) is 0 Å². The monoisotopic (exact) mass is 381 g/mol. The maximum absolute atomic E-state index is 13.1. The quantitative estimate of drug-likeness (QED) is 0.803. The number of pyridine rings is 1. The van der Waals surface area contributed by atoms with E-state index in [2.05, 4.69) is 47.6 Å². The van der Waals surface area contributed by atoms with Gasteiger partial charge >= 0.3 is 6.03 Å². The van der Waals surface area contributed by atoms with Crippen LogP contribution in [0.3, 0.4) is 0 Å². The number of aromatic nitrogens is 1. The third kappa shape index (κ3) is 4.16. The van der Waals surface area contributed by atoms with E-state index in [0.717, 1.165) is 61.9 Å². The molecule has 3 heterocycles. The first-order valence-electron chi connectivity index (χ1n) is 10.6. The largest absolute Gasteiger partial charge is 0.382 e. The molecule has 1 unspecified atom stereocenters. The fraction of sp³-hybridized carbons (Fsp3) is 0.545. The molecule has 4 rings (SSSR count). The van der Waals surface area contributed by atoms with Crippen LogP contribution in [0.2, 0.25) is 0 Å². The maximum atomic E-state index is 13.1. The van der Waals surface area contributed by atoms with E-state index in [0.29, 0.717) is 12.5 Å². The Morgan fingerprint density at radius 1 is 1.25 bits per heavy atom. The Bertz CT molecular complexity index is 800. The fourth-order valence-corrected chi connectivity index (χ4v) is 4.23. The predicted molar refractivity (Wildman–Crippen MR) is 115 cm³/mol. The summed E-state index contributed by atoms with van der Waals surface area (Å²) in [5, 5.41) is 6.55. The van der Waals surface area contributed by atoms with Gasteiger partial charge in [0.05, 0.1) is 5.69 Å². The van der Waals surface area contributed by atoms with Crippen molar-refractivity contribution >= 4 is 23.4 Å². The second-order valence-corrected chi connectivity index (χ2v) is 8.27. The number of carbonyl (C=O) groups excluding carboxylic acids is 1. The minimum atomic E-state index is -0.0871. The van der Waals surface area contributed by atoms with Crippen LogP contribution >= 0.6 is 0 Å². The van der Waals surface area contributed by atoms with Crippen molar-refractivity contribution in [2.75, 3.05) is 41.3 Å². The fourth-order valence-electron chi connectivity index (χ4n) is 4.23. The molecule has 1 atom stereocenters. The zero-order valence-electron chi connectivity index (χ0n) is 17.0. The van der Waals surface area contributed by atoms with Gasteiger partial charge in [-0.2, -0.15) is 0 Å². The molecule has 1 aliphatic carbocycles. The van der Waals surface area contributed by atoms with Crippen LogP contribution in [0, 0.1) is 5.92 Å². The number of urea groups is 1. The van der Waals surface area contributed by atoms with Crippen molar-refractivity contribution in [1.29, 1.82) is 0 Å². The van der Waals surface area contributed by atoms with Crippen molar-refractivity contribution in [3.05, 3.63) is 35.6 Å². The highest BCUT2D eigenvalue weighted by molar-refractivity contribution is 5.95. The van der Waals surface area contributed by atoms with Crippen LogP contribution < -0.4 is 20.4 Å². The van der Waals surface area contributed by atoms with Crippen LogP contribution in [-0.4, -0.2) is 37.2 Å². The molecule has 0 saturated carbocycles. The molecule has 0 spiro atoms. The number of carbonyl (C=O) groups is 1. The molecule has 1 fully saturated rings. The van der Waals surface area contributed by atoms with Gasteiger partial charge < -0.3 is 15.5 Å². The summed E-state index contributed by atoms with van der Waals surface area (Å²) >= 11 is 0. The summed E-state index contributed by atoms with van der Waals surface area (Å²) in [6, 6.07) is 4.09. The number of allylic oxidation sites excluding steroid dienone is 3. The lowest BCUT2D eigenvalue weighted by Gasteiger charge is -2.33. The number of hydrogen-bond donors (Lipinski definition) is 2. The van der Waals surface area contributed by atoms with Crippen molar-refractivity contribution in [2.45, 2.75) is 46.0 Å². The Labute approximate surface area is 167 Å². The Hall–Kier alpha value is -2.50. The number of fused-ring (bicyclic) bond motifs is 1. The zero-order valence-corrected chi connectivity index (χ0v) is 17.0. The molecule has 6 heteroatoms. The molecule has 2 aliphatic heterocycles. The second-order valence-electron chi connectivity index (χ2n) is 8.27. The van der Waals surface area contributed by atoms with Crippen LogP contribution in [-0.2, 0) is 0 Å². The van der Waals surface area contributed by atoms with E-state index in [1.807, 2.05) is 11.0 Å². The molecule has 1 saturated heterocycles. The maximum Gasteiger partial charge on any atom is 0.327 e. The van der Waals surface area contributed by atoms with Gasteiger partial charge in [0.25, 0.3) is 0 Å². The predicted octanol–water partition coefficient (Wildman–Crippen LogP) is 4.27. The molecule has 2 amide bonds. The zero-order chi connectivity index (χ0) is 19.5. The van der Waals surface area contributed by atoms with Gasteiger partial charge in [-0.25, -0.2) is 9.78 Å². The highest BCUT2D eigenvalue weighted by Crippen LogP contribution is 2.31. The molecule has 0 aromatic carbocycles. The molecular weight excluding hydrogens is 350 g/mol. The molecule has 1 aromatic rings. The van der Waals surface area contributed by atoms with E-state index in [1.165, 1.54) is 18.4 Å². The third-order valence-corrected chi connectivity index (χ3v) is 5.78. The van der Waals surface area contributed by atoms with Gasteiger partial charge in [0.1, 0.15) is 5.82 Å². The van der Waals surface area contributed by atoms with Gasteiger partial charge in [-0.15, -0.1) is 0 Å². The SMILES string of the molecule is CC1=CCC(NC(=O)N2CCCCNc3ccc(N4CCCC(C)C4)nc32)=C1. The van der Waals surface area contributed by atoms with Crippen molar-refractivity contribution < 1.29 is 4.79 Å². The summed E-state index contributed by atoms with van der Waals surface area (Å²) < 4.78 is 0.